The summed E-state index contributed by atoms with van der Waals surface area (Å²) in [6.07, 6.45) is 18.8. The van der Waals surface area contributed by atoms with E-state index in [0.717, 1.165) is 0 Å². The molecule has 0 unspecified atom stereocenters. The lowest BCUT2D eigenvalue weighted by atomic mass is 9.75. The molecule has 1 aromatic rings. The van der Waals surface area contributed by atoms with Gasteiger partial charge in [0.05, 0.1) is 0 Å². The number of hydrogen-bond donors (Lipinski definition) is 0. The van der Waals surface area contributed by atoms with Gasteiger partial charge < -0.3 is 0 Å². The van der Waals surface area contributed by atoms with Crippen molar-refractivity contribution < 1.29 is 0 Å². The lowest BCUT2D eigenvalue weighted by Crippen LogP contribution is -2.17. The molecule has 24 heavy (non-hydrogen) atoms. The van der Waals surface area contributed by atoms with Crippen LogP contribution in [0.1, 0.15) is 112 Å². The van der Waals surface area contributed by atoms with Crippen molar-refractivity contribution in [2.24, 2.45) is 0 Å². The topological polar surface area (TPSA) is 0 Å². The van der Waals surface area contributed by atoms with E-state index in [1.807, 2.05) is 0 Å². The van der Waals surface area contributed by atoms with Crippen LogP contribution in [0.2, 0.25) is 0 Å². The third-order valence-corrected chi connectivity index (χ3v) is 5.85. The Bertz CT molecular complexity index is 463. The van der Waals surface area contributed by atoms with E-state index in [2.05, 4.69) is 27.7 Å². The second-order valence-corrected chi connectivity index (χ2v) is 7.79. The smallest absolute Gasteiger partial charge is 0.0273 e. The lowest BCUT2D eigenvalue weighted by Gasteiger charge is -2.29. The van der Waals surface area contributed by atoms with Gasteiger partial charge in [-0.3, -0.25) is 0 Å². The maximum Gasteiger partial charge on any atom is -0.0273 e. The van der Waals surface area contributed by atoms with Crippen LogP contribution in [0.25, 0.3) is 0 Å². The van der Waals surface area contributed by atoms with E-state index in [-0.39, 0.29) is 0 Å². The number of fused-ring (bicyclic) bond motifs is 1. The molecule has 0 amide bonds. The Hall–Kier alpha value is -0.780. The van der Waals surface area contributed by atoms with Crippen LogP contribution >= 0.6 is 0 Å². The van der Waals surface area contributed by atoms with Gasteiger partial charge >= 0.3 is 0 Å². The number of hydrogen-bond acceptors (Lipinski definition) is 0. The van der Waals surface area contributed by atoms with Crippen molar-refractivity contribution in [3.63, 3.8) is 0 Å². The standard InChI is InChI=1S/C24H40/c1-5-9-15-21-19(13-7-3)23-17-11-12-18-24(23)20(14-8-4)22(21)16-10-6-2/h5-18H2,1-4H3. The highest BCUT2D eigenvalue weighted by Gasteiger charge is 2.23. The first-order chi connectivity index (χ1) is 11.8. The molecule has 0 atom stereocenters. The van der Waals surface area contributed by atoms with Gasteiger partial charge in [-0.25, -0.2) is 0 Å². The highest BCUT2D eigenvalue weighted by molar-refractivity contribution is 5.53. The highest BCUT2D eigenvalue weighted by atomic mass is 14.3. The van der Waals surface area contributed by atoms with Crippen LogP contribution in [-0.2, 0) is 38.5 Å². The molecule has 1 aromatic carbocycles. The minimum Gasteiger partial charge on any atom is -0.0654 e. The summed E-state index contributed by atoms with van der Waals surface area (Å²) < 4.78 is 0. The summed E-state index contributed by atoms with van der Waals surface area (Å²) in [4.78, 5) is 0. The Balaban J connectivity index is 2.62. The number of unbranched alkanes of at least 4 members (excludes halogenated alkanes) is 2. The average Bonchev–Trinajstić information content (AvgIpc) is 2.61. The normalized spacial score (nSPS) is 14.0. The molecule has 0 bridgehead atoms. The lowest BCUT2D eigenvalue weighted by molar-refractivity contribution is 0.651. The molecule has 2 rings (SSSR count). The van der Waals surface area contributed by atoms with Gasteiger partial charge in [-0.1, -0.05) is 53.4 Å². The zero-order valence-electron chi connectivity index (χ0n) is 16.9. The molecule has 0 saturated heterocycles. The first kappa shape index (κ1) is 19.5. The minimum absolute atomic E-state index is 1.30. The van der Waals surface area contributed by atoms with Gasteiger partial charge in [0.1, 0.15) is 0 Å². The molecule has 0 heterocycles. The van der Waals surface area contributed by atoms with E-state index in [9.17, 15) is 0 Å². The molecular formula is C24H40. The van der Waals surface area contributed by atoms with Crippen molar-refractivity contribution in [1.29, 1.82) is 0 Å². The van der Waals surface area contributed by atoms with E-state index in [1.54, 1.807) is 33.4 Å². The van der Waals surface area contributed by atoms with Crippen LogP contribution < -0.4 is 0 Å². The van der Waals surface area contributed by atoms with Gasteiger partial charge in [0, 0.05) is 0 Å². The van der Waals surface area contributed by atoms with E-state index in [0.29, 0.717) is 0 Å². The van der Waals surface area contributed by atoms with Crippen LogP contribution in [0.3, 0.4) is 0 Å². The van der Waals surface area contributed by atoms with Crippen LogP contribution in [0.5, 0.6) is 0 Å². The Morgan fingerprint density at radius 1 is 0.500 bits per heavy atom. The predicted molar refractivity (Wildman–Crippen MR) is 108 cm³/mol. The van der Waals surface area contributed by atoms with Crippen LogP contribution in [-0.4, -0.2) is 0 Å². The van der Waals surface area contributed by atoms with Gasteiger partial charge in [-0.05, 0) is 97.6 Å². The molecule has 136 valence electrons. The summed E-state index contributed by atoms with van der Waals surface area (Å²) in [6, 6.07) is 0. The summed E-state index contributed by atoms with van der Waals surface area (Å²) in [5, 5.41) is 0. The molecule has 0 spiro atoms. The van der Waals surface area contributed by atoms with E-state index in [1.165, 1.54) is 89.9 Å². The number of rotatable bonds is 10. The fraction of sp³-hybridized carbons (Fsp3) is 0.750. The predicted octanol–water partition coefficient (Wildman–Crippen LogP) is 7.16. The maximum absolute atomic E-state index is 2.37. The largest absolute Gasteiger partial charge is 0.0654 e. The minimum atomic E-state index is 1.30. The van der Waals surface area contributed by atoms with E-state index in [4.69, 9.17) is 0 Å². The molecule has 0 saturated carbocycles. The molecule has 1 aliphatic rings. The zero-order valence-corrected chi connectivity index (χ0v) is 16.9. The second kappa shape index (κ2) is 10.3. The fourth-order valence-electron chi connectivity index (χ4n) is 4.71. The monoisotopic (exact) mass is 328 g/mol. The van der Waals surface area contributed by atoms with Crippen molar-refractivity contribution in [2.75, 3.05) is 0 Å². The molecule has 0 fully saturated rings. The Morgan fingerprint density at radius 2 is 0.917 bits per heavy atom. The summed E-state index contributed by atoms with van der Waals surface area (Å²) in [5.74, 6) is 0. The maximum atomic E-state index is 2.37. The van der Waals surface area contributed by atoms with Crippen molar-refractivity contribution in [1.82, 2.24) is 0 Å². The fourth-order valence-corrected chi connectivity index (χ4v) is 4.71. The highest BCUT2D eigenvalue weighted by Crippen LogP contribution is 2.36. The summed E-state index contributed by atoms with van der Waals surface area (Å²) in [7, 11) is 0. The molecular weight excluding hydrogens is 288 g/mol. The van der Waals surface area contributed by atoms with E-state index < -0.39 is 0 Å². The SMILES string of the molecule is CCCCc1c(CCC)c2c(c(CCC)c1CCCC)CCCC2. The van der Waals surface area contributed by atoms with Gasteiger partial charge in [0.2, 0.25) is 0 Å². The van der Waals surface area contributed by atoms with Gasteiger partial charge in [-0.2, -0.15) is 0 Å². The second-order valence-electron chi connectivity index (χ2n) is 7.79. The molecule has 0 aliphatic heterocycles. The van der Waals surface area contributed by atoms with Gasteiger partial charge in [-0.15, -0.1) is 0 Å². The van der Waals surface area contributed by atoms with Crippen molar-refractivity contribution in [3.8, 4) is 0 Å². The molecule has 0 N–H and O–H groups in total. The van der Waals surface area contributed by atoms with Crippen molar-refractivity contribution >= 4 is 0 Å². The molecule has 0 aromatic heterocycles. The Morgan fingerprint density at radius 3 is 1.25 bits per heavy atom. The summed E-state index contributed by atoms with van der Waals surface area (Å²) in [5.41, 5.74) is 10.8. The Labute approximate surface area is 151 Å². The van der Waals surface area contributed by atoms with Crippen LogP contribution in [0, 0.1) is 0 Å². The van der Waals surface area contributed by atoms with Crippen molar-refractivity contribution in [3.05, 3.63) is 33.4 Å². The summed E-state index contributed by atoms with van der Waals surface area (Å²) in [6.45, 7) is 9.42. The molecule has 0 heteroatoms. The third kappa shape index (κ3) is 4.44. The van der Waals surface area contributed by atoms with Gasteiger partial charge in [0.25, 0.3) is 0 Å². The van der Waals surface area contributed by atoms with E-state index >= 15 is 0 Å². The third-order valence-electron chi connectivity index (χ3n) is 5.85. The first-order valence-electron chi connectivity index (χ1n) is 10.9. The van der Waals surface area contributed by atoms with Gasteiger partial charge in [0.15, 0.2) is 0 Å². The molecule has 0 nitrogen and oxygen atoms in total. The quantitative estimate of drug-likeness (QED) is 0.427. The van der Waals surface area contributed by atoms with Crippen LogP contribution in [0.4, 0.5) is 0 Å². The van der Waals surface area contributed by atoms with Crippen LogP contribution in [0.15, 0.2) is 0 Å². The zero-order chi connectivity index (χ0) is 17.4. The summed E-state index contributed by atoms with van der Waals surface area (Å²) >= 11 is 0. The molecule has 0 radical (unpaired) electrons. The molecule has 1 aliphatic carbocycles. The average molecular weight is 329 g/mol. The number of benzene rings is 1. The first-order valence-corrected chi connectivity index (χ1v) is 10.9. The Kier molecular flexibility index (Phi) is 8.36. The van der Waals surface area contributed by atoms with Crippen molar-refractivity contribution in [2.45, 2.75) is 118 Å².